The molecule has 2 aromatic rings. The monoisotopic (exact) mass is 398 g/mol. The number of anilines is 2. The highest BCUT2D eigenvalue weighted by atomic mass is 28.3. The molecule has 6 nitrogen and oxygen atoms in total. The molecule has 0 spiro atoms. The molecule has 1 saturated heterocycles. The zero-order valence-electron chi connectivity index (χ0n) is 16.9. The Morgan fingerprint density at radius 3 is 2.36 bits per heavy atom. The summed E-state index contributed by atoms with van der Waals surface area (Å²) in [6.45, 7) is 10.0. The third-order valence-electron chi connectivity index (χ3n) is 5.42. The summed E-state index contributed by atoms with van der Waals surface area (Å²) in [6, 6.07) is 14.4. The number of nitro groups is 1. The van der Waals surface area contributed by atoms with Crippen LogP contribution in [0.15, 0.2) is 42.5 Å². The number of rotatable bonds is 6. The van der Waals surface area contributed by atoms with Crippen LogP contribution in [0.25, 0.3) is 0 Å². The van der Waals surface area contributed by atoms with Crippen LogP contribution in [0.1, 0.15) is 18.4 Å². The molecular weight excluding hydrogens is 368 g/mol. The van der Waals surface area contributed by atoms with Crippen molar-refractivity contribution in [3.8, 4) is 0 Å². The fourth-order valence-corrected chi connectivity index (χ4v) is 4.87. The van der Waals surface area contributed by atoms with Crippen LogP contribution in [0, 0.1) is 10.1 Å². The van der Waals surface area contributed by atoms with E-state index in [9.17, 15) is 10.1 Å². The quantitative estimate of drug-likeness (QED) is 0.335. The topological polar surface area (TPSA) is 84.4 Å². The van der Waals surface area contributed by atoms with Gasteiger partial charge in [0.05, 0.1) is 13.0 Å². The molecule has 0 aromatic heterocycles. The van der Waals surface area contributed by atoms with Gasteiger partial charge in [0.1, 0.15) is 11.4 Å². The number of hydrogen-bond acceptors (Lipinski definition) is 5. The highest BCUT2D eigenvalue weighted by molar-refractivity contribution is 6.88. The second-order valence-corrected chi connectivity index (χ2v) is 13.7. The minimum Gasteiger partial charge on any atom is -0.393 e. The Morgan fingerprint density at radius 2 is 1.79 bits per heavy atom. The largest absolute Gasteiger partial charge is 0.393 e. The third kappa shape index (κ3) is 4.91. The van der Waals surface area contributed by atoms with Gasteiger partial charge in [0.25, 0.3) is 0 Å². The first-order valence-electron chi connectivity index (χ1n) is 9.85. The molecule has 7 heteroatoms. The molecule has 2 aromatic carbocycles. The highest BCUT2D eigenvalue weighted by Crippen LogP contribution is 2.32. The van der Waals surface area contributed by atoms with Gasteiger partial charge in [0.15, 0.2) is 0 Å². The predicted octanol–water partition coefficient (Wildman–Crippen LogP) is 3.80. The Hall–Kier alpha value is -2.38. The molecule has 0 bridgehead atoms. The molecule has 3 rings (SSSR count). The molecule has 3 N–H and O–H groups in total. The minimum absolute atomic E-state index is 0.0209. The van der Waals surface area contributed by atoms with E-state index in [2.05, 4.69) is 54.1 Å². The molecule has 0 unspecified atom stereocenters. The van der Waals surface area contributed by atoms with E-state index in [0.717, 1.165) is 32.5 Å². The molecule has 0 aliphatic carbocycles. The van der Waals surface area contributed by atoms with Gasteiger partial charge in [-0.3, -0.25) is 15.0 Å². The van der Waals surface area contributed by atoms with Crippen molar-refractivity contribution in [2.75, 3.05) is 24.1 Å². The number of nitro benzene ring substituents is 1. The number of nitrogens with one attached hydrogen (secondary N) is 1. The van der Waals surface area contributed by atoms with Crippen LogP contribution in [-0.2, 0) is 6.54 Å². The number of para-hydroxylation sites is 1. The van der Waals surface area contributed by atoms with Crippen molar-refractivity contribution in [2.24, 2.45) is 0 Å². The Bertz CT molecular complexity index is 825. The molecule has 1 aliphatic heterocycles. The van der Waals surface area contributed by atoms with E-state index in [1.807, 2.05) is 0 Å². The molecule has 150 valence electrons. The fourth-order valence-electron chi connectivity index (χ4n) is 3.71. The summed E-state index contributed by atoms with van der Waals surface area (Å²) in [7, 11) is -1.25. The summed E-state index contributed by atoms with van der Waals surface area (Å²) >= 11 is 0. The average molecular weight is 399 g/mol. The first kappa shape index (κ1) is 20.4. The third-order valence-corrected chi connectivity index (χ3v) is 7.49. The van der Waals surface area contributed by atoms with Crippen LogP contribution < -0.4 is 16.2 Å². The lowest BCUT2D eigenvalue weighted by atomic mass is 10.0. The number of nitrogen functional groups attached to an aromatic ring is 1. The Balaban J connectivity index is 1.55. The van der Waals surface area contributed by atoms with Gasteiger partial charge < -0.3 is 11.1 Å². The van der Waals surface area contributed by atoms with Crippen LogP contribution in [-0.4, -0.2) is 37.0 Å². The lowest BCUT2D eigenvalue weighted by Crippen LogP contribution is -2.39. The van der Waals surface area contributed by atoms with Crippen LogP contribution in [0.4, 0.5) is 17.1 Å². The average Bonchev–Trinajstić information content (AvgIpc) is 2.63. The summed E-state index contributed by atoms with van der Waals surface area (Å²) in [4.78, 5) is 13.4. The Morgan fingerprint density at radius 1 is 1.14 bits per heavy atom. The van der Waals surface area contributed by atoms with Crippen LogP contribution in [0.2, 0.25) is 19.6 Å². The van der Waals surface area contributed by atoms with E-state index in [-0.39, 0.29) is 17.4 Å². The molecule has 0 saturated carbocycles. The standard InChI is InChI=1S/C21H30N4O2Si/c1-28(2,3)18-9-7-16(8-10-18)15-24-13-11-17(12-14-24)23-20-6-4-5-19(22)21(20)25(26)27/h4-10,17,23H,11-15,22H2,1-3H3. The Kier molecular flexibility index (Phi) is 6.05. The van der Waals surface area contributed by atoms with Gasteiger partial charge in [-0.15, -0.1) is 0 Å². The highest BCUT2D eigenvalue weighted by Gasteiger charge is 2.24. The molecule has 1 aliphatic rings. The number of benzene rings is 2. The van der Waals surface area contributed by atoms with Crippen LogP contribution >= 0.6 is 0 Å². The van der Waals surface area contributed by atoms with Gasteiger partial charge in [0.2, 0.25) is 0 Å². The summed E-state index contributed by atoms with van der Waals surface area (Å²) < 4.78 is 0. The van der Waals surface area contributed by atoms with Crippen molar-refractivity contribution in [1.29, 1.82) is 0 Å². The van der Waals surface area contributed by atoms with E-state index in [4.69, 9.17) is 5.73 Å². The van der Waals surface area contributed by atoms with Crippen molar-refractivity contribution in [3.63, 3.8) is 0 Å². The molecule has 28 heavy (non-hydrogen) atoms. The zero-order valence-corrected chi connectivity index (χ0v) is 17.9. The van der Waals surface area contributed by atoms with Crippen molar-refractivity contribution < 1.29 is 4.92 Å². The van der Waals surface area contributed by atoms with Crippen molar-refractivity contribution in [3.05, 3.63) is 58.1 Å². The molecule has 0 radical (unpaired) electrons. The van der Waals surface area contributed by atoms with Crippen LogP contribution in [0.3, 0.4) is 0 Å². The molecule has 1 fully saturated rings. The molecule has 0 amide bonds. The lowest BCUT2D eigenvalue weighted by molar-refractivity contribution is -0.383. The number of likely N-dealkylation sites (tertiary alicyclic amines) is 1. The minimum atomic E-state index is -1.25. The van der Waals surface area contributed by atoms with Gasteiger partial charge in [0, 0.05) is 25.7 Å². The molecule has 1 heterocycles. The smallest absolute Gasteiger partial charge is 0.314 e. The van der Waals surface area contributed by atoms with E-state index in [1.165, 1.54) is 10.8 Å². The number of hydrogen-bond donors (Lipinski definition) is 2. The van der Waals surface area contributed by atoms with Gasteiger partial charge in [-0.25, -0.2) is 0 Å². The van der Waals surface area contributed by atoms with Crippen LogP contribution in [0.5, 0.6) is 0 Å². The van der Waals surface area contributed by atoms with Crippen molar-refractivity contribution >= 4 is 30.3 Å². The summed E-state index contributed by atoms with van der Waals surface area (Å²) in [5, 5.41) is 16.1. The van der Waals surface area contributed by atoms with Gasteiger partial charge >= 0.3 is 5.69 Å². The SMILES string of the molecule is C[Si](C)(C)c1ccc(CN2CCC(Nc3cccc(N)c3[N+](=O)[O-])CC2)cc1. The Labute approximate surface area is 167 Å². The summed E-state index contributed by atoms with van der Waals surface area (Å²) in [5.74, 6) is 0. The van der Waals surface area contributed by atoms with E-state index >= 15 is 0 Å². The first-order valence-corrected chi connectivity index (χ1v) is 13.4. The number of nitrogens with zero attached hydrogens (tertiary/aromatic N) is 2. The maximum absolute atomic E-state index is 11.3. The summed E-state index contributed by atoms with van der Waals surface area (Å²) in [5.41, 5.74) is 7.83. The van der Waals surface area contributed by atoms with Crippen molar-refractivity contribution in [1.82, 2.24) is 4.90 Å². The second-order valence-electron chi connectivity index (χ2n) is 8.64. The fraction of sp³-hybridized carbons (Fsp3) is 0.429. The normalized spacial score (nSPS) is 16.1. The van der Waals surface area contributed by atoms with E-state index < -0.39 is 13.0 Å². The van der Waals surface area contributed by atoms with E-state index in [0.29, 0.717) is 5.69 Å². The first-order chi connectivity index (χ1) is 13.2. The number of nitrogens with two attached hydrogens (primary N) is 1. The molecular formula is C21H30N4O2Si. The maximum atomic E-state index is 11.3. The van der Waals surface area contributed by atoms with Gasteiger partial charge in [-0.1, -0.05) is 55.2 Å². The second kappa shape index (κ2) is 8.32. The van der Waals surface area contributed by atoms with E-state index in [1.54, 1.807) is 18.2 Å². The lowest BCUT2D eigenvalue weighted by Gasteiger charge is -2.33. The van der Waals surface area contributed by atoms with Gasteiger partial charge in [-0.2, -0.15) is 0 Å². The molecule has 0 atom stereocenters. The maximum Gasteiger partial charge on any atom is 0.314 e. The number of piperidine rings is 1. The zero-order chi connectivity index (χ0) is 20.3. The predicted molar refractivity (Wildman–Crippen MR) is 119 cm³/mol. The van der Waals surface area contributed by atoms with Gasteiger partial charge in [-0.05, 0) is 30.5 Å². The summed E-state index contributed by atoms with van der Waals surface area (Å²) in [6.07, 6.45) is 1.91. The van der Waals surface area contributed by atoms with Crippen molar-refractivity contribution in [2.45, 2.75) is 45.1 Å².